The Hall–Kier alpha value is -3.33. The first-order valence-electron chi connectivity index (χ1n) is 10.0. The Kier molecular flexibility index (Phi) is 7.66. The molecule has 2 aromatic carbocycles. The number of carbonyl (C=O) groups excluding carboxylic acids is 2. The Bertz CT molecular complexity index is 1090. The van der Waals surface area contributed by atoms with E-state index in [9.17, 15) is 14.4 Å². The molecule has 3 rings (SSSR count). The summed E-state index contributed by atoms with van der Waals surface area (Å²) >= 11 is 1.17. The maximum Gasteiger partial charge on any atom is 0.343 e. The first-order chi connectivity index (χ1) is 15.0. The molecule has 0 radical (unpaired) electrons. The first kappa shape index (κ1) is 22.4. The molecule has 162 valence electrons. The van der Waals surface area contributed by atoms with Crippen molar-refractivity contribution in [1.29, 1.82) is 0 Å². The second-order valence-corrected chi connectivity index (χ2v) is 7.89. The van der Waals surface area contributed by atoms with Crippen LogP contribution in [-0.2, 0) is 11.3 Å². The lowest BCUT2D eigenvalue weighted by Gasteiger charge is -2.16. The third-order valence-electron chi connectivity index (χ3n) is 4.60. The van der Waals surface area contributed by atoms with Crippen molar-refractivity contribution >= 4 is 29.3 Å². The van der Waals surface area contributed by atoms with Crippen LogP contribution in [0.1, 0.15) is 42.2 Å². The number of anilines is 1. The molecule has 9 heteroatoms. The number of para-hydroxylation sites is 1. The number of aromatic amines is 1. The average Bonchev–Trinajstić information content (AvgIpc) is 3.13. The molecule has 0 saturated carbocycles. The predicted molar refractivity (Wildman–Crippen MR) is 121 cm³/mol. The van der Waals surface area contributed by atoms with E-state index >= 15 is 0 Å². The van der Waals surface area contributed by atoms with Gasteiger partial charge in [-0.15, -0.1) is 5.10 Å². The number of hydrogen-bond donors (Lipinski definition) is 3. The van der Waals surface area contributed by atoms with Crippen LogP contribution in [0.25, 0.3) is 0 Å². The molecular formula is C22H25N5O3S. The van der Waals surface area contributed by atoms with Gasteiger partial charge in [-0.1, -0.05) is 61.2 Å². The molecule has 1 heterocycles. The molecule has 0 unspecified atom stereocenters. The van der Waals surface area contributed by atoms with Crippen molar-refractivity contribution in [3.8, 4) is 0 Å². The van der Waals surface area contributed by atoms with Crippen molar-refractivity contribution in [2.75, 3.05) is 11.1 Å². The van der Waals surface area contributed by atoms with E-state index in [-0.39, 0.29) is 29.3 Å². The van der Waals surface area contributed by atoms with E-state index in [1.54, 1.807) is 24.3 Å². The van der Waals surface area contributed by atoms with E-state index < -0.39 is 0 Å². The summed E-state index contributed by atoms with van der Waals surface area (Å²) in [5.41, 5.74) is 1.51. The normalized spacial score (nSPS) is 11.7. The van der Waals surface area contributed by atoms with Gasteiger partial charge >= 0.3 is 5.69 Å². The van der Waals surface area contributed by atoms with Gasteiger partial charge < -0.3 is 10.6 Å². The van der Waals surface area contributed by atoms with Gasteiger partial charge in [-0.05, 0) is 31.0 Å². The minimum atomic E-state index is -0.292. The van der Waals surface area contributed by atoms with Crippen molar-refractivity contribution in [3.63, 3.8) is 0 Å². The highest BCUT2D eigenvalue weighted by molar-refractivity contribution is 7.99. The molecule has 0 saturated heterocycles. The van der Waals surface area contributed by atoms with Crippen LogP contribution in [0.2, 0.25) is 0 Å². The number of H-pyrrole nitrogens is 1. The quantitative estimate of drug-likeness (QED) is 0.444. The highest BCUT2D eigenvalue weighted by Crippen LogP contribution is 2.19. The fourth-order valence-corrected chi connectivity index (χ4v) is 3.81. The molecule has 0 fully saturated rings. The Labute approximate surface area is 184 Å². The fourth-order valence-electron chi connectivity index (χ4n) is 3.04. The fraction of sp³-hybridized carbons (Fsp3) is 0.273. The summed E-state index contributed by atoms with van der Waals surface area (Å²) in [6, 6.07) is 16.3. The Balaban J connectivity index is 1.64. The highest BCUT2D eigenvalue weighted by atomic mass is 32.2. The lowest BCUT2D eigenvalue weighted by atomic mass is 10.1. The lowest BCUT2D eigenvalue weighted by Crippen LogP contribution is -2.28. The van der Waals surface area contributed by atoms with E-state index in [0.29, 0.717) is 23.0 Å². The Morgan fingerprint density at radius 2 is 1.84 bits per heavy atom. The summed E-state index contributed by atoms with van der Waals surface area (Å²) in [7, 11) is 0. The van der Waals surface area contributed by atoms with Gasteiger partial charge in [0.25, 0.3) is 5.91 Å². The van der Waals surface area contributed by atoms with Gasteiger partial charge in [0.05, 0.1) is 23.0 Å². The molecule has 0 aliphatic carbocycles. The number of carbonyl (C=O) groups is 2. The summed E-state index contributed by atoms with van der Waals surface area (Å²) in [5, 5.41) is 12.6. The maximum atomic E-state index is 12.8. The second-order valence-electron chi connectivity index (χ2n) is 6.95. The van der Waals surface area contributed by atoms with Crippen LogP contribution in [0, 0.1) is 0 Å². The zero-order valence-electron chi connectivity index (χ0n) is 17.4. The number of nitrogens with one attached hydrogen (secondary N) is 3. The van der Waals surface area contributed by atoms with Crippen LogP contribution in [-0.4, -0.2) is 32.3 Å². The Morgan fingerprint density at radius 3 is 2.58 bits per heavy atom. The van der Waals surface area contributed by atoms with Gasteiger partial charge in [-0.3, -0.25) is 14.2 Å². The van der Waals surface area contributed by atoms with Crippen molar-refractivity contribution in [2.45, 2.75) is 38.0 Å². The average molecular weight is 440 g/mol. The molecule has 0 bridgehead atoms. The number of aromatic nitrogens is 3. The summed E-state index contributed by atoms with van der Waals surface area (Å²) in [6.07, 6.45) is 0.781. The number of amides is 2. The summed E-state index contributed by atoms with van der Waals surface area (Å²) in [6.45, 7) is 4.40. The largest absolute Gasteiger partial charge is 0.345 e. The molecule has 31 heavy (non-hydrogen) atoms. The molecule has 3 N–H and O–H groups in total. The summed E-state index contributed by atoms with van der Waals surface area (Å²) in [5.74, 6) is -0.506. The van der Waals surface area contributed by atoms with Gasteiger partial charge in [0, 0.05) is 6.54 Å². The van der Waals surface area contributed by atoms with Crippen molar-refractivity contribution in [1.82, 2.24) is 20.1 Å². The van der Waals surface area contributed by atoms with Gasteiger partial charge in [0.1, 0.15) is 0 Å². The molecule has 8 nitrogen and oxygen atoms in total. The molecule has 1 atom stereocenters. The second kappa shape index (κ2) is 10.6. The number of thioether (sulfide) groups is 1. The van der Waals surface area contributed by atoms with Crippen LogP contribution in [0.3, 0.4) is 0 Å². The van der Waals surface area contributed by atoms with Gasteiger partial charge in [-0.25, -0.2) is 9.89 Å². The van der Waals surface area contributed by atoms with E-state index in [0.717, 1.165) is 12.0 Å². The number of rotatable bonds is 9. The summed E-state index contributed by atoms with van der Waals surface area (Å²) < 4.78 is 1.50. The Morgan fingerprint density at radius 1 is 1.13 bits per heavy atom. The number of hydrogen-bond acceptors (Lipinski definition) is 5. The minimum Gasteiger partial charge on any atom is -0.345 e. The van der Waals surface area contributed by atoms with E-state index in [2.05, 4.69) is 20.8 Å². The van der Waals surface area contributed by atoms with Crippen molar-refractivity contribution in [2.24, 2.45) is 0 Å². The molecule has 0 aliphatic heterocycles. The molecular weight excluding hydrogens is 414 g/mol. The molecule has 3 aromatic rings. The molecule has 0 aliphatic rings. The van der Waals surface area contributed by atoms with Gasteiger partial charge in [0.2, 0.25) is 5.91 Å². The van der Waals surface area contributed by atoms with Crippen LogP contribution < -0.4 is 16.3 Å². The SMILES string of the molecule is CCCn1c(SCC(=O)Nc2ccccc2C(=O)N[C@@H](C)c2ccccc2)n[nH]c1=O. The predicted octanol–water partition coefficient (Wildman–Crippen LogP) is 3.20. The summed E-state index contributed by atoms with van der Waals surface area (Å²) in [4.78, 5) is 37.1. The zero-order chi connectivity index (χ0) is 22.2. The van der Waals surface area contributed by atoms with Crippen molar-refractivity contribution < 1.29 is 9.59 Å². The van der Waals surface area contributed by atoms with Crippen LogP contribution in [0.15, 0.2) is 64.5 Å². The van der Waals surface area contributed by atoms with Crippen LogP contribution in [0.4, 0.5) is 5.69 Å². The third kappa shape index (κ3) is 5.85. The standard InChI is InChI=1S/C22H25N5O3S/c1-3-13-27-21(30)25-26-22(27)31-14-19(28)24-18-12-8-7-11-17(18)20(29)23-15(2)16-9-5-4-6-10-16/h4-12,15H,3,13-14H2,1-2H3,(H,23,29)(H,24,28)(H,25,30)/t15-/m0/s1. The number of nitrogens with zero attached hydrogens (tertiary/aromatic N) is 2. The zero-order valence-corrected chi connectivity index (χ0v) is 18.2. The first-order valence-corrected chi connectivity index (χ1v) is 11.0. The monoisotopic (exact) mass is 439 g/mol. The maximum absolute atomic E-state index is 12.8. The molecule has 0 spiro atoms. The number of benzene rings is 2. The van der Waals surface area contributed by atoms with Gasteiger partial charge in [0.15, 0.2) is 5.16 Å². The van der Waals surface area contributed by atoms with E-state index in [4.69, 9.17) is 0 Å². The van der Waals surface area contributed by atoms with Crippen molar-refractivity contribution in [3.05, 3.63) is 76.2 Å². The van der Waals surface area contributed by atoms with E-state index in [1.165, 1.54) is 16.3 Å². The topological polar surface area (TPSA) is 109 Å². The smallest absolute Gasteiger partial charge is 0.343 e. The molecule has 2 amide bonds. The molecule has 1 aromatic heterocycles. The van der Waals surface area contributed by atoms with Gasteiger partial charge in [-0.2, -0.15) is 0 Å². The van der Waals surface area contributed by atoms with E-state index in [1.807, 2.05) is 44.2 Å². The minimum absolute atomic E-state index is 0.0599. The van der Waals surface area contributed by atoms with Crippen LogP contribution >= 0.6 is 11.8 Å². The lowest BCUT2D eigenvalue weighted by molar-refractivity contribution is -0.113. The van der Waals surface area contributed by atoms with Crippen LogP contribution in [0.5, 0.6) is 0 Å². The highest BCUT2D eigenvalue weighted by Gasteiger charge is 2.17. The third-order valence-corrected chi connectivity index (χ3v) is 5.57.